The van der Waals surface area contributed by atoms with Gasteiger partial charge in [0.1, 0.15) is 0 Å². The molecule has 0 aliphatic carbocycles. The van der Waals surface area contributed by atoms with Crippen LogP contribution in [0.3, 0.4) is 0 Å². The third-order valence-electron chi connectivity index (χ3n) is 3.79. The minimum Gasteiger partial charge on any atom is -0.490 e. The van der Waals surface area contributed by atoms with Gasteiger partial charge in [0, 0.05) is 18.7 Å². The van der Waals surface area contributed by atoms with Gasteiger partial charge in [0.25, 0.3) is 0 Å². The van der Waals surface area contributed by atoms with Crippen molar-refractivity contribution in [3.63, 3.8) is 0 Å². The first kappa shape index (κ1) is 14.7. The number of benzene rings is 1. The second-order valence-corrected chi connectivity index (χ2v) is 5.07. The molecule has 110 valence electrons. The molecule has 1 N–H and O–H groups in total. The van der Waals surface area contributed by atoms with E-state index in [1.54, 1.807) is 12.1 Å². The highest BCUT2D eigenvalue weighted by molar-refractivity contribution is 5.48. The van der Waals surface area contributed by atoms with E-state index in [1.807, 2.05) is 0 Å². The number of aliphatic hydroxyl groups is 1. The van der Waals surface area contributed by atoms with Gasteiger partial charge >= 0.3 is 5.69 Å². The van der Waals surface area contributed by atoms with E-state index < -0.39 is 4.92 Å². The predicted octanol–water partition coefficient (Wildman–Crippen LogP) is 1.95. The van der Waals surface area contributed by atoms with Gasteiger partial charge in [0.05, 0.1) is 18.6 Å². The minimum atomic E-state index is -0.444. The number of rotatable bonds is 5. The summed E-state index contributed by atoms with van der Waals surface area (Å²) in [4.78, 5) is 12.6. The first-order valence-electron chi connectivity index (χ1n) is 6.82. The molecule has 20 heavy (non-hydrogen) atoms. The molecule has 0 amide bonds. The van der Waals surface area contributed by atoms with Crippen LogP contribution < -0.4 is 4.74 Å². The molecule has 1 aliphatic rings. The molecule has 0 bridgehead atoms. The number of nitro benzene ring substituents is 1. The molecule has 0 spiro atoms. The maximum Gasteiger partial charge on any atom is 0.310 e. The van der Waals surface area contributed by atoms with E-state index in [2.05, 4.69) is 4.90 Å². The van der Waals surface area contributed by atoms with Crippen molar-refractivity contribution in [3.05, 3.63) is 33.9 Å². The second-order valence-electron chi connectivity index (χ2n) is 5.07. The molecule has 1 heterocycles. The van der Waals surface area contributed by atoms with Crippen molar-refractivity contribution >= 4 is 5.69 Å². The largest absolute Gasteiger partial charge is 0.490 e. The number of likely N-dealkylation sites (tertiary alicyclic amines) is 1. The number of hydrogen-bond acceptors (Lipinski definition) is 5. The Morgan fingerprint density at radius 3 is 2.95 bits per heavy atom. The number of nitro groups is 1. The standard InChI is InChI=1S/C14H20N2O4/c1-20-14-8-11(5-6-13(14)16(18)19)9-15-7-3-2-4-12(15)10-17/h5-6,8,12,17H,2-4,7,9-10H2,1H3. The van der Waals surface area contributed by atoms with Crippen molar-refractivity contribution in [1.82, 2.24) is 4.90 Å². The molecule has 1 aliphatic heterocycles. The van der Waals surface area contributed by atoms with Crippen LogP contribution in [-0.4, -0.2) is 41.2 Å². The van der Waals surface area contributed by atoms with Crippen molar-refractivity contribution in [1.29, 1.82) is 0 Å². The summed E-state index contributed by atoms with van der Waals surface area (Å²) in [6, 6.07) is 5.13. The summed E-state index contributed by atoms with van der Waals surface area (Å²) < 4.78 is 5.08. The van der Waals surface area contributed by atoms with Crippen LogP contribution in [0.15, 0.2) is 18.2 Å². The summed E-state index contributed by atoms with van der Waals surface area (Å²) in [5, 5.41) is 20.3. The zero-order valence-electron chi connectivity index (χ0n) is 11.6. The Kier molecular flexibility index (Phi) is 4.92. The Morgan fingerprint density at radius 2 is 2.30 bits per heavy atom. The quantitative estimate of drug-likeness (QED) is 0.659. The molecule has 2 rings (SSSR count). The third kappa shape index (κ3) is 3.26. The maximum absolute atomic E-state index is 10.9. The molecule has 0 radical (unpaired) electrons. The molecule has 1 aromatic rings. The highest BCUT2D eigenvalue weighted by Crippen LogP contribution is 2.29. The zero-order valence-corrected chi connectivity index (χ0v) is 11.6. The monoisotopic (exact) mass is 280 g/mol. The fourth-order valence-corrected chi connectivity index (χ4v) is 2.68. The lowest BCUT2D eigenvalue weighted by molar-refractivity contribution is -0.385. The minimum absolute atomic E-state index is 0.0198. The molecule has 1 saturated heterocycles. The van der Waals surface area contributed by atoms with Crippen LogP contribution in [0.25, 0.3) is 0 Å². The SMILES string of the molecule is COc1cc(CN2CCCCC2CO)ccc1[N+](=O)[O-]. The van der Waals surface area contributed by atoms with E-state index in [4.69, 9.17) is 4.74 Å². The summed E-state index contributed by atoms with van der Waals surface area (Å²) >= 11 is 0. The van der Waals surface area contributed by atoms with E-state index in [0.717, 1.165) is 31.4 Å². The lowest BCUT2D eigenvalue weighted by Gasteiger charge is -2.34. The van der Waals surface area contributed by atoms with Gasteiger partial charge < -0.3 is 9.84 Å². The highest BCUT2D eigenvalue weighted by Gasteiger charge is 2.22. The summed E-state index contributed by atoms with van der Waals surface area (Å²) in [6.07, 6.45) is 3.27. The van der Waals surface area contributed by atoms with Gasteiger partial charge in [-0.2, -0.15) is 0 Å². The molecular formula is C14H20N2O4. The third-order valence-corrected chi connectivity index (χ3v) is 3.79. The van der Waals surface area contributed by atoms with E-state index in [1.165, 1.54) is 13.2 Å². The molecular weight excluding hydrogens is 260 g/mol. The van der Waals surface area contributed by atoms with E-state index in [-0.39, 0.29) is 24.1 Å². The lowest BCUT2D eigenvalue weighted by Crippen LogP contribution is -2.41. The van der Waals surface area contributed by atoms with E-state index >= 15 is 0 Å². The summed E-state index contributed by atoms with van der Waals surface area (Å²) in [6.45, 7) is 1.79. The Hall–Kier alpha value is -1.66. The van der Waals surface area contributed by atoms with Crippen LogP contribution in [0.2, 0.25) is 0 Å². The van der Waals surface area contributed by atoms with Gasteiger partial charge in [0.15, 0.2) is 5.75 Å². The van der Waals surface area contributed by atoms with Gasteiger partial charge in [-0.05, 0) is 31.0 Å². The van der Waals surface area contributed by atoms with Crippen LogP contribution in [0.5, 0.6) is 5.75 Å². The van der Waals surface area contributed by atoms with Gasteiger partial charge in [-0.25, -0.2) is 0 Å². The van der Waals surface area contributed by atoms with Crippen LogP contribution in [0.4, 0.5) is 5.69 Å². The highest BCUT2D eigenvalue weighted by atomic mass is 16.6. The molecule has 1 atom stereocenters. The first-order chi connectivity index (χ1) is 9.65. The number of nitrogens with zero attached hydrogens (tertiary/aromatic N) is 2. The van der Waals surface area contributed by atoms with Crippen LogP contribution in [-0.2, 0) is 6.54 Å². The number of methoxy groups -OCH3 is 1. The van der Waals surface area contributed by atoms with Gasteiger partial charge in [-0.15, -0.1) is 0 Å². The molecule has 1 aromatic carbocycles. The average Bonchev–Trinajstić information content (AvgIpc) is 2.47. The van der Waals surface area contributed by atoms with Gasteiger partial charge in [-0.3, -0.25) is 15.0 Å². The van der Waals surface area contributed by atoms with Crippen LogP contribution in [0.1, 0.15) is 24.8 Å². The van der Waals surface area contributed by atoms with Crippen molar-refractivity contribution in [2.75, 3.05) is 20.3 Å². The molecule has 0 aromatic heterocycles. The topological polar surface area (TPSA) is 75.8 Å². The van der Waals surface area contributed by atoms with Crippen molar-refractivity contribution in [2.24, 2.45) is 0 Å². The van der Waals surface area contributed by atoms with Crippen molar-refractivity contribution in [3.8, 4) is 5.75 Å². The van der Waals surface area contributed by atoms with Gasteiger partial charge in [-0.1, -0.05) is 12.5 Å². The fourth-order valence-electron chi connectivity index (χ4n) is 2.68. The van der Waals surface area contributed by atoms with E-state index in [0.29, 0.717) is 6.54 Å². The van der Waals surface area contributed by atoms with Crippen LogP contribution >= 0.6 is 0 Å². The van der Waals surface area contributed by atoms with Crippen LogP contribution in [0, 0.1) is 10.1 Å². The summed E-state index contributed by atoms with van der Waals surface area (Å²) in [5.41, 5.74) is 0.946. The molecule has 0 saturated carbocycles. The lowest BCUT2D eigenvalue weighted by atomic mass is 10.0. The zero-order chi connectivity index (χ0) is 14.5. The average molecular weight is 280 g/mol. The van der Waals surface area contributed by atoms with Crippen molar-refractivity contribution in [2.45, 2.75) is 31.8 Å². The smallest absolute Gasteiger partial charge is 0.310 e. The number of piperidine rings is 1. The summed E-state index contributed by atoms with van der Waals surface area (Å²) in [7, 11) is 1.43. The molecule has 6 heteroatoms. The molecule has 1 unspecified atom stereocenters. The molecule has 1 fully saturated rings. The van der Waals surface area contributed by atoms with Gasteiger partial charge in [0.2, 0.25) is 0 Å². The summed E-state index contributed by atoms with van der Waals surface area (Å²) in [5.74, 6) is 0.282. The Balaban J connectivity index is 2.14. The molecule has 6 nitrogen and oxygen atoms in total. The second kappa shape index (κ2) is 6.67. The Morgan fingerprint density at radius 1 is 1.50 bits per heavy atom. The van der Waals surface area contributed by atoms with E-state index in [9.17, 15) is 15.2 Å². The Labute approximate surface area is 118 Å². The normalized spacial score (nSPS) is 19.8. The predicted molar refractivity (Wildman–Crippen MR) is 74.8 cm³/mol. The first-order valence-corrected chi connectivity index (χ1v) is 6.82. The van der Waals surface area contributed by atoms with Crippen molar-refractivity contribution < 1.29 is 14.8 Å². The number of aliphatic hydroxyl groups excluding tert-OH is 1. The number of hydrogen-bond donors (Lipinski definition) is 1. The Bertz CT molecular complexity index is 478. The number of ether oxygens (including phenoxy) is 1. The fraction of sp³-hybridized carbons (Fsp3) is 0.571. The maximum atomic E-state index is 10.9.